The molecule has 0 saturated heterocycles. The lowest BCUT2D eigenvalue weighted by atomic mass is 9.75. The molecule has 2 bridgehead atoms. The van der Waals surface area contributed by atoms with Gasteiger partial charge in [-0.05, 0) is 66.8 Å². The predicted octanol–water partition coefficient (Wildman–Crippen LogP) is 5.88. The van der Waals surface area contributed by atoms with E-state index < -0.39 is 0 Å². The molecule has 1 aromatic heterocycles. The second kappa shape index (κ2) is 6.53. The number of fused-ring (bicyclic) bond motifs is 6. The Balaban J connectivity index is 1.42. The molecule has 2 aliphatic carbocycles. The van der Waals surface area contributed by atoms with Crippen LogP contribution in [0, 0.1) is 17.8 Å². The first-order valence-corrected chi connectivity index (χ1v) is 11.7. The standard InChI is InChI=1S/C23H21NO2S2/c25-23-24-22-21(28-23)19(18-14-9-10-15(11-14)20(18)27-22)13-5-4-8-17(12-13)26-16-6-2-1-3-7-16/h1-8,12,14-15,18-20H,9-11H2,(H,24,25)/t14?,15?,18?,19-,20?/m1/s1. The van der Waals surface area contributed by atoms with E-state index in [0.29, 0.717) is 17.1 Å². The summed E-state index contributed by atoms with van der Waals surface area (Å²) in [5, 5.41) is 1.75. The Hall–Kier alpha value is -1.98. The highest BCUT2D eigenvalue weighted by Gasteiger charge is 2.54. The van der Waals surface area contributed by atoms with Gasteiger partial charge < -0.3 is 9.72 Å². The summed E-state index contributed by atoms with van der Waals surface area (Å²) in [5.74, 6) is 4.25. The highest BCUT2D eigenvalue weighted by molar-refractivity contribution is 8.00. The van der Waals surface area contributed by atoms with Crippen molar-refractivity contribution in [3.8, 4) is 11.5 Å². The van der Waals surface area contributed by atoms with Crippen molar-refractivity contribution >= 4 is 23.1 Å². The van der Waals surface area contributed by atoms with E-state index in [1.54, 1.807) is 0 Å². The minimum absolute atomic E-state index is 0.0755. The van der Waals surface area contributed by atoms with Gasteiger partial charge in [0, 0.05) is 16.0 Å². The Kier molecular flexibility index (Phi) is 3.95. The molecule has 2 fully saturated rings. The maximum Gasteiger partial charge on any atom is 0.305 e. The Labute approximate surface area is 172 Å². The van der Waals surface area contributed by atoms with Crippen LogP contribution in [0.1, 0.15) is 35.6 Å². The summed E-state index contributed by atoms with van der Waals surface area (Å²) < 4.78 is 6.10. The molecule has 0 amide bonds. The lowest BCUT2D eigenvalue weighted by Gasteiger charge is -2.40. The van der Waals surface area contributed by atoms with E-state index >= 15 is 0 Å². The van der Waals surface area contributed by atoms with Crippen molar-refractivity contribution in [3.05, 3.63) is 74.7 Å². The quantitative estimate of drug-likeness (QED) is 0.589. The van der Waals surface area contributed by atoms with Gasteiger partial charge in [-0.3, -0.25) is 4.79 Å². The number of ether oxygens (including phenoxy) is 1. The first-order chi connectivity index (χ1) is 13.8. The number of hydrogen-bond donors (Lipinski definition) is 1. The molecule has 0 spiro atoms. The molecule has 2 saturated carbocycles. The van der Waals surface area contributed by atoms with Crippen LogP contribution in [0.5, 0.6) is 11.5 Å². The Morgan fingerprint density at radius 3 is 2.68 bits per heavy atom. The zero-order chi connectivity index (χ0) is 18.7. The van der Waals surface area contributed by atoms with Crippen LogP contribution in [-0.2, 0) is 0 Å². The minimum Gasteiger partial charge on any atom is -0.457 e. The number of benzene rings is 2. The maximum atomic E-state index is 12.2. The molecular formula is C23H21NO2S2. The van der Waals surface area contributed by atoms with Gasteiger partial charge in [-0.15, -0.1) is 11.8 Å². The first kappa shape index (κ1) is 16.9. The highest BCUT2D eigenvalue weighted by Crippen LogP contribution is 2.63. The number of nitrogens with one attached hydrogen (secondary N) is 1. The zero-order valence-corrected chi connectivity index (χ0v) is 17.0. The van der Waals surface area contributed by atoms with Gasteiger partial charge in [0.15, 0.2) is 0 Å². The van der Waals surface area contributed by atoms with Crippen molar-refractivity contribution in [2.24, 2.45) is 17.8 Å². The summed E-state index contributed by atoms with van der Waals surface area (Å²) >= 11 is 3.35. The third kappa shape index (κ3) is 2.67. The molecule has 2 heterocycles. The third-order valence-electron chi connectivity index (χ3n) is 6.66. The minimum atomic E-state index is 0.0755. The van der Waals surface area contributed by atoms with Crippen molar-refractivity contribution in [1.82, 2.24) is 4.98 Å². The topological polar surface area (TPSA) is 42.1 Å². The van der Waals surface area contributed by atoms with Gasteiger partial charge in [0.05, 0.1) is 5.03 Å². The molecule has 3 aliphatic rings. The van der Waals surface area contributed by atoms with Gasteiger partial charge >= 0.3 is 4.87 Å². The number of thiazole rings is 1. The molecule has 6 rings (SSSR count). The predicted molar refractivity (Wildman–Crippen MR) is 114 cm³/mol. The van der Waals surface area contributed by atoms with Crippen molar-refractivity contribution in [2.45, 2.75) is 35.5 Å². The third-order valence-corrected chi connectivity index (χ3v) is 9.29. The van der Waals surface area contributed by atoms with Gasteiger partial charge in [0.2, 0.25) is 0 Å². The number of para-hydroxylation sites is 1. The molecule has 4 unspecified atom stereocenters. The summed E-state index contributed by atoms with van der Waals surface area (Å²) in [6.45, 7) is 0. The van der Waals surface area contributed by atoms with Gasteiger partial charge in [-0.25, -0.2) is 0 Å². The fourth-order valence-corrected chi connectivity index (χ4v) is 8.51. The summed E-state index contributed by atoms with van der Waals surface area (Å²) in [6, 6.07) is 18.4. The second-order valence-corrected chi connectivity index (χ2v) is 10.4. The van der Waals surface area contributed by atoms with Crippen molar-refractivity contribution < 1.29 is 4.74 Å². The van der Waals surface area contributed by atoms with E-state index in [4.69, 9.17) is 4.74 Å². The van der Waals surface area contributed by atoms with Crippen LogP contribution in [0.4, 0.5) is 0 Å². The smallest absolute Gasteiger partial charge is 0.305 e. The molecule has 3 nitrogen and oxygen atoms in total. The average Bonchev–Trinajstić information content (AvgIpc) is 3.41. The molecule has 28 heavy (non-hydrogen) atoms. The summed E-state index contributed by atoms with van der Waals surface area (Å²) in [7, 11) is 0. The summed E-state index contributed by atoms with van der Waals surface area (Å²) in [4.78, 5) is 16.6. The van der Waals surface area contributed by atoms with E-state index in [9.17, 15) is 4.79 Å². The second-order valence-electron chi connectivity index (χ2n) is 8.17. The maximum absolute atomic E-state index is 12.2. The molecule has 2 aromatic carbocycles. The van der Waals surface area contributed by atoms with E-state index in [1.165, 1.54) is 41.0 Å². The average molecular weight is 408 g/mol. The molecule has 1 aliphatic heterocycles. The fraction of sp³-hybridized carbons (Fsp3) is 0.348. The van der Waals surface area contributed by atoms with E-state index in [-0.39, 0.29) is 4.87 Å². The lowest BCUT2D eigenvalue weighted by Crippen LogP contribution is -2.33. The number of thioether (sulfide) groups is 1. The SMILES string of the molecule is O=c1[nH]c2c(s1)[C@H](c1cccc(Oc3ccccc3)c1)C1C3CCC(C3)C1S2. The lowest BCUT2D eigenvalue weighted by molar-refractivity contribution is 0.307. The van der Waals surface area contributed by atoms with Crippen molar-refractivity contribution in [3.63, 3.8) is 0 Å². The van der Waals surface area contributed by atoms with Gasteiger partial charge in [-0.2, -0.15) is 0 Å². The van der Waals surface area contributed by atoms with Gasteiger partial charge in [-0.1, -0.05) is 41.7 Å². The molecule has 3 aromatic rings. The zero-order valence-electron chi connectivity index (χ0n) is 15.3. The van der Waals surface area contributed by atoms with Gasteiger partial charge in [0.1, 0.15) is 11.5 Å². The summed E-state index contributed by atoms with van der Waals surface area (Å²) in [5.41, 5.74) is 1.28. The van der Waals surface area contributed by atoms with Crippen LogP contribution in [0.3, 0.4) is 0 Å². The highest BCUT2D eigenvalue weighted by atomic mass is 32.2. The number of rotatable bonds is 3. The summed E-state index contributed by atoms with van der Waals surface area (Å²) in [6.07, 6.45) is 4.06. The van der Waals surface area contributed by atoms with E-state index in [2.05, 4.69) is 23.2 Å². The van der Waals surface area contributed by atoms with Crippen LogP contribution >= 0.6 is 23.1 Å². The molecular weight excluding hydrogens is 386 g/mol. The molecule has 5 atom stereocenters. The van der Waals surface area contributed by atoms with Gasteiger partial charge in [0.25, 0.3) is 0 Å². The van der Waals surface area contributed by atoms with Crippen LogP contribution < -0.4 is 9.61 Å². The van der Waals surface area contributed by atoms with Crippen molar-refractivity contribution in [1.29, 1.82) is 0 Å². The molecule has 0 radical (unpaired) electrons. The first-order valence-electron chi connectivity index (χ1n) is 9.99. The van der Waals surface area contributed by atoms with E-state index in [1.807, 2.05) is 48.2 Å². The van der Waals surface area contributed by atoms with Crippen LogP contribution in [0.15, 0.2) is 64.4 Å². The molecule has 142 valence electrons. The number of H-pyrrole nitrogens is 1. The Bertz CT molecular complexity index is 1070. The Morgan fingerprint density at radius 2 is 1.79 bits per heavy atom. The monoisotopic (exact) mass is 407 g/mol. The largest absolute Gasteiger partial charge is 0.457 e. The Morgan fingerprint density at radius 1 is 0.964 bits per heavy atom. The van der Waals surface area contributed by atoms with Crippen LogP contribution in [0.2, 0.25) is 0 Å². The molecule has 5 heteroatoms. The van der Waals surface area contributed by atoms with E-state index in [0.717, 1.165) is 28.4 Å². The number of aromatic amines is 1. The number of hydrogen-bond acceptors (Lipinski definition) is 4. The van der Waals surface area contributed by atoms with Crippen LogP contribution in [-0.4, -0.2) is 10.2 Å². The normalized spacial score (nSPS) is 30.1. The van der Waals surface area contributed by atoms with Crippen molar-refractivity contribution in [2.75, 3.05) is 0 Å². The number of aromatic nitrogens is 1. The fourth-order valence-electron chi connectivity index (χ4n) is 5.62. The molecule has 1 N–H and O–H groups in total. The van der Waals surface area contributed by atoms with Crippen LogP contribution in [0.25, 0.3) is 0 Å².